The van der Waals surface area contributed by atoms with Crippen molar-refractivity contribution in [3.05, 3.63) is 12.2 Å². The van der Waals surface area contributed by atoms with Crippen molar-refractivity contribution in [2.24, 2.45) is 22.5 Å². The molecule has 2 N–H and O–H groups in total. The van der Waals surface area contributed by atoms with E-state index in [1.807, 2.05) is 4.68 Å². The van der Waals surface area contributed by atoms with Gasteiger partial charge in [-0.1, -0.05) is 20.8 Å². The molecule has 0 bridgehead atoms. The molecule has 0 aromatic carbocycles. The number of rotatable bonds is 4. The van der Waals surface area contributed by atoms with Crippen molar-refractivity contribution >= 4 is 0 Å². The standard InChI is InChI=1S/C16H30N4/c1-5-20-14(18-12-19-20)10-16(11-17)8-6-13(7-9-16)15(2,3)4/h12-13H,5-11,17H2,1-4H3. The third-order valence-corrected chi connectivity index (χ3v) is 5.23. The zero-order valence-electron chi connectivity index (χ0n) is 13.5. The summed E-state index contributed by atoms with van der Waals surface area (Å²) < 4.78 is 2.01. The van der Waals surface area contributed by atoms with Crippen LogP contribution in [0.5, 0.6) is 0 Å². The van der Waals surface area contributed by atoms with Crippen LogP contribution in [0.1, 0.15) is 59.2 Å². The molecule has 1 aliphatic carbocycles. The SMILES string of the molecule is CCn1ncnc1CC1(CN)CCC(C(C)(C)C)CC1. The monoisotopic (exact) mass is 278 g/mol. The minimum atomic E-state index is 0.238. The van der Waals surface area contributed by atoms with Crippen LogP contribution >= 0.6 is 0 Å². The van der Waals surface area contributed by atoms with Gasteiger partial charge in [0.15, 0.2) is 0 Å². The molecule has 1 aromatic heterocycles. The van der Waals surface area contributed by atoms with Gasteiger partial charge in [-0.3, -0.25) is 4.68 Å². The van der Waals surface area contributed by atoms with Crippen LogP contribution in [0.25, 0.3) is 0 Å². The maximum absolute atomic E-state index is 6.14. The molecular weight excluding hydrogens is 248 g/mol. The lowest BCUT2D eigenvalue weighted by atomic mass is 9.63. The molecule has 2 rings (SSSR count). The van der Waals surface area contributed by atoms with Crippen LogP contribution < -0.4 is 5.73 Å². The molecule has 4 nitrogen and oxygen atoms in total. The van der Waals surface area contributed by atoms with Crippen molar-refractivity contribution in [2.45, 2.75) is 66.3 Å². The van der Waals surface area contributed by atoms with E-state index in [4.69, 9.17) is 5.73 Å². The van der Waals surface area contributed by atoms with Crippen molar-refractivity contribution < 1.29 is 0 Å². The van der Waals surface area contributed by atoms with Crippen LogP contribution in [0.3, 0.4) is 0 Å². The summed E-state index contributed by atoms with van der Waals surface area (Å²) in [5, 5.41) is 4.28. The van der Waals surface area contributed by atoms with Crippen LogP contribution in [0.2, 0.25) is 0 Å². The fourth-order valence-electron chi connectivity index (χ4n) is 3.57. The molecule has 4 heteroatoms. The first-order valence-corrected chi connectivity index (χ1v) is 7.97. The average Bonchev–Trinajstić information content (AvgIpc) is 2.85. The number of hydrogen-bond acceptors (Lipinski definition) is 3. The molecule has 1 saturated carbocycles. The number of aromatic nitrogens is 3. The maximum Gasteiger partial charge on any atom is 0.138 e. The Morgan fingerprint density at radius 2 is 2.00 bits per heavy atom. The van der Waals surface area contributed by atoms with E-state index in [2.05, 4.69) is 37.8 Å². The zero-order valence-corrected chi connectivity index (χ0v) is 13.5. The topological polar surface area (TPSA) is 56.7 Å². The Balaban J connectivity index is 2.06. The lowest BCUT2D eigenvalue weighted by molar-refractivity contribution is 0.0904. The summed E-state index contributed by atoms with van der Waals surface area (Å²) in [6.07, 6.45) is 7.68. The van der Waals surface area contributed by atoms with Crippen molar-refractivity contribution in [3.8, 4) is 0 Å². The minimum Gasteiger partial charge on any atom is -0.330 e. The predicted octanol–water partition coefficient (Wildman–Crippen LogP) is 3.02. The third kappa shape index (κ3) is 3.22. The largest absolute Gasteiger partial charge is 0.330 e. The van der Waals surface area contributed by atoms with Crippen molar-refractivity contribution in [3.63, 3.8) is 0 Å². The second-order valence-corrected chi connectivity index (χ2v) is 7.51. The number of nitrogens with two attached hydrogens (primary N) is 1. The Kier molecular flexibility index (Phi) is 4.52. The van der Waals surface area contributed by atoms with Crippen LogP contribution in [0.15, 0.2) is 6.33 Å². The molecule has 0 spiro atoms. The molecule has 0 amide bonds. The molecule has 1 aliphatic rings. The quantitative estimate of drug-likeness (QED) is 0.921. The fourth-order valence-corrected chi connectivity index (χ4v) is 3.57. The Morgan fingerprint density at radius 3 is 2.50 bits per heavy atom. The zero-order chi connectivity index (χ0) is 14.8. The molecule has 0 radical (unpaired) electrons. The van der Waals surface area contributed by atoms with E-state index >= 15 is 0 Å². The van der Waals surface area contributed by atoms with E-state index < -0.39 is 0 Å². The van der Waals surface area contributed by atoms with Gasteiger partial charge in [-0.25, -0.2) is 4.98 Å². The van der Waals surface area contributed by atoms with E-state index in [1.165, 1.54) is 25.7 Å². The van der Waals surface area contributed by atoms with Crippen LogP contribution in [0.4, 0.5) is 0 Å². The molecule has 0 aliphatic heterocycles. The van der Waals surface area contributed by atoms with Crippen LogP contribution in [-0.4, -0.2) is 21.3 Å². The highest BCUT2D eigenvalue weighted by atomic mass is 15.3. The first-order chi connectivity index (χ1) is 9.40. The molecule has 20 heavy (non-hydrogen) atoms. The lowest BCUT2D eigenvalue weighted by Gasteiger charge is -2.43. The van der Waals surface area contributed by atoms with E-state index in [9.17, 15) is 0 Å². The third-order valence-electron chi connectivity index (χ3n) is 5.23. The molecule has 1 fully saturated rings. The summed E-state index contributed by atoms with van der Waals surface area (Å²) in [5.41, 5.74) is 6.80. The summed E-state index contributed by atoms with van der Waals surface area (Å²) in [7, 11) is 0. The Morgan fingerprint density at radius 1 is 1.35 bits per heavy atom. The number of nitrogens with zero attached hydrogens (tertiary/aromatic N) is 3. The molecule has 1 aromatic rings. The molecule has 1 heterocycles. The molecule has 0 atom stereocenters. The van der Waals surface area contributed by atoms with E-state index in [-0.39, 0.29) is 5.41 Å². The van der Waals surface area contributed by atoms with Gasteiger partial charge in [0.05, 0.1) is 0 Å². The van der Waals surface area contributed by atoms with E-state index in [0.717, 1.165) is 31.3 Å². The Bertz CT molecular complexity index is 422. The highest BCUT2D eigenvalue weighted by Gasteiger charge is 2.38. The summed E-state index contributed by atoms with van der Waals surface area (Å²) in [5.74, 6) is 1.93. The number of hydrogen-bond donors (Lipinski definition) is 1. The second-order valence-electron chi connectivity index (χ2n) is 7.51. The van der Waals surface area contributed by atoms with Gasteiger partial charge in [-0.05, 0) is 55.9 Å². The molecule has 0 unspecified atom stereocenters. The van der Waals surface area contributed by atoms with Crippen molar-refractivity contribution in [2.75, 3.05) is 6.54 Å². The molecule has 114 valence electrons. The highest BCUT2D eigenvalue weighted by Crippen LogP contribution is 2.46. The second kappa shape index (κ2) is 5.84. The van der Waals surface area contributed by atoms with Crippen LogP contribution in [-0.2, 0) is 13.0 Å². The fraction of sp³-hybridized carbons (Fsp3) is 0.875. The van der Waals surface area contributed by atoms with Gasteiger partial charge in [0.2, 0.25) is 0 Å². The van der Waals surface area contributed by atoms with Crippen LogP contribution in [0, 0.1) is 16.7 Å². The van der Waals surface area contributed by atoms with Gasteiger partial charge < -0.3 is 5.73 Å². The number of aryl methyl sites for hydroxylation is 1. The first kappa shape index (κ1) is 15.5. The summed E-state index contributed by atoms with van der Waals surface area (Å²) in [6, 6.07) is 0. The normalized spacial score (nSPS) is 27.8. The maximum atomic E-state index is 6.14. The minimum absolute atomic E-state index is 0.238. The van der Waals surface area contributed by atoms with E-state index in [0.29, 0.717) is 5.41 Å². The Hall–Kier alpha value is -0.900. The van der Waals surface area contributed by atoms with Gasteiger partial charge in [-0.15, -0.1) is 0 Å². The molecular formula is C16H30N4. The van der Waals surface area contributed by atoms with Gasteiger partial charge in [0.25, 0.3) is 0 Å². The van der Waals surface area contributed by atoms with E-state index in [1.54, 1.807) is 6.33 Å². The summed E-state index contributed by atoms with van der Waals surface area (Å²) in [4.78, 5) is 4.44. The first-order valence-electron chi connectivity index (χ1n) is 7.97. The van der Waals surface area contributed by atoms with Gasteiger partial charge in [0, 0.05) is 13.0 Å². The highest BCUT2D eigenvalue weighted by molar-refractivity contribution is 4.98. The predicted molar refractivity (Wildman–Crippen MR) is 82.3 cm³/mol. The van der Waals surface area contributed by atoms with Gasteiger partial charge >= 0.3 is 0 Å². The lowest BCUT2D eigenvalue weighted by Crippen LogP contribution is -2.39. The summed E-state index contributed by atoms with van der Waals surface area (Å²) in [6.45, 7) is 10.9. The van der Waals surface area contributed by atoms with Crippen molar-refractivity contribution in [1.29, 1.82) is 0 Å². The van der Waals surface area contributed by atoms with Gasteiger partial charge in [-0.2, -0.15) is 5.10 Å². The smallest absolute Gasteiger partial charge is 0.138 e. The summed E-state index contributed by atoms with van der Waals surface area (Å²) >= 11 is 0. The van der Waals surface area contributed by atoms with Gasteiger partial charge in [0.1, 0.15) is 12.2 Å². The Labute approximate surface area is 123 Å². The average molecular weight is 278 g/mol. The molecule has 0 saturated heterocycles. The van der Waals surface area contributed by atoms with Crippen molar-refractivity contribution in [1.82, 2.24) is 14.8 Å².